The van der Waals surface area contributed by atoms with Gasteiger partial charge in [0.15, 0.2) is 11.6 Å². The van der Waals surface area contributed by atoms with Crippen LogP contribution in [0, 0.1) is 17.2 Å². The molecule has 0 bridgehead atoms. The topological polar surface area (TPSA) is 38.2 Å². The second-order valence-electron chi connectivity index (χ2n) is 6.99. The van der Waals surface area contributed by atoms with Gasteiger partial charge in [0.1, 0.15) is 12.1 Å². The molecule has 1 aromatic carbocycles. The van der Waals surface area contributed by atoms with Crippen molar-refractivity contribution in [1.29, 1.82) is 0 Å². The summed E-state index contributed by atoms with van der Waals surface area (Å²) in [7, 11) is 1.35. The van der Waals surface area contributed by atoms with E-state index in [9.17, 15) is 17.6 Å². The molecule has 3 rings (SSSR count). The molecule has 1 aromatic heterocycles. The molecule has 0 amide bonds. The number of anilines is 1. The quantitative estimate of drug-likeness (QED) is 0.756. The van der Waals surface area contributed by atoms with E-state index in [0.717, 1.165) is 0 Å². The van der Waals surface area contributed by atoms with Crippen molar-refractivity contribution >= 4 is 16.7 Å². The first-order valence-electron chi connectivity index (χ1n) is 7.93. The molecule has 0 saturated carbocycles. The van der Waals surface area contributed by atoms with E-state index in [1.54, 1.807) is 13.8 Å². The third-order valence-corrected chi connectivity index (χ3v) is 4.81. The van der Waals surface area contributed by atoms with Crippen LogP contribution in [0.5, 0.6) is 5.75 Å². The van der Waals surface area contributed by atoms with Crippen LogP contribution < -0.4 is 9.64 Å². The molecule has 1 fully saturated rings. The van der Waals surface area contributed by atoms with Gasteiger partial charge in [-0.15, -0.1) is 0 Å². The first-order chi connectivity index (χ1) is 11.6. The van der Waals surface area contributed by atoms with Crippen molar-refractivity contribution in [3.63, 3.8) is 0 Å². The number of rotatable bonds is 2. The number of halogens is 4. The Labute approximate surface area is 142 Å². The summed E-state index contributed by atoms with van der Waals surface area (Å²) in [6.45, 7) is 3.64. The lowest BCUT2D eigenvalue weighted by molar-refractivity contribution is -0.206. The Kier molecular flexibility index (Phi) is 4.25. The van der Waals surface area contributed by atoms with Gasteiger partial charge < -0.3 is 9.64 Å². The van der Waals surface area contributed by atoms with Gasteiger partial charge in [0.2, 0.25) is 0 Å². The fourth-order valence-electron chi connectivity index (χ4n) is 3.60. The maximum atomic E-state index is 13.9. The number of hydrogen-bond donors (Lipinski definition) is 0. The van der Waals surface area contributed by atoms with Gasteiger partial charge in [-0.25, -0.2) is 14.4 Å². The summed E-state index contributed by atoms with van der Waals surface area (Å²) in [5.74, 6) is -1.36. The van der Waals surface area contributed by atoms with Crippen molar-refractivity contribution in [2.75, 3.05) is 25.1 Å². The van der Waals surface area contributed by atoms with Crippen LogP contribution in [0.4, 0.5) is 23.4 Å². The summed E-state index contributed by atoms with van der Waals surface area (Å²) >= 11 is 0. The second-order valence-corrected chi connectivity index (χ2v) is 6.99. The van der Waals surface area contributed by atoms with Crippen molar-refractivity contribution in [3.8, 4) is 5.75 Å². The van der Waals surface area contributed by atoms with Crippen LogP contribution in [0.1, 0.15) is 20.3 Å². The molecule has 1 aliphatic heterocycles. The van der Waals surface area contributed by atoms with Crippen LogP contribution in [-0.4, -0.2) is 36.3 Å². The second kappa shape index (κ2) is 6.00. The minimum Gasteiger partial charge on any atom is -0.494 e. The summed E-state index contributed by atoms with van der Waals surface area (Å²) < 4.78 is 58.7. The Balaban J connectivity index is 2.00. The highest BCUT2D eigenvalue weighted by Crippen LogP contribution is 2.46. The van der Waals surface area contributed by atoms with E-state index in [1.165, 1.54) is 25.6 Å². The standard InChI is InChI=1S/C17H19F4N3O/c1-16(2)8-24(5-4-14(16)17(19,20)21)15-10-6-13(25-3)11(18)7-12(10)22-9-23-15/h6-7,9,14H,4-5,8H2,1-3H3. The van der Waals surface area contributed by atoms with E-state index in [-0.39, 0.29) is 25.3 Å². The van der Waals surface area contributed by atoms with E-state index >= 15 is 0 Å². The van der Waals surface area contributed by atoms with Crippen LogP contribution >= 0.6 is 0 Å². The Morgan fingerprint density at radius 1 is 1.24 bits per heavy atom. The number of aromatic nitrogens is 2. The van der Waals surface area contributed by atoms with Crippen LogP contribution in [0.3, 0.4) is 0 Å². The fourth-order valence-corrected chi connectivity index (χ4v) is 3.60. The highest BCUT2D eigenvalue weighted by Gasteiger charge is 2.51. The maximum Gasteiger partial charge on any atom is 0.392 e. The molecule has 1 aliphatic rings. The van der Waals surface area contributed by atoms with E-state index < -0.39 is 23.3 Å². The largest absolute Gasteiger partial charge is 0.494 e. The highest BCUT2D eigenvalue weighted by atomic mass is 19.4. The number of benzene rings is 1. The summed E-state index contributed by atoms with van der Waals surface area (Å²) in [4.78, 5) is 10.1. The lowest BCUT2D eigenvalue weighted by atomic mass is 9.73. The van der Waals surface area contributed by atoms with E-state index in [1.807, 2.05) is 4.90 Å². The minimum absolute atomic E-state index is 0.0136. The SMILES string of the molecule is COc1cc2c(N3CCC(C(F)(F)F)C(C)(C)C3)ncnc2cc1F. The Bertz CT molecular complexity index is 791. The van der Waals surface area contributed by atoms with Crippen LogP contribution in [0.2, 0.25) is 0 Å². The number of fused-ring (bicyclic) bond motifs is 1. The zero-order valence-corrected chi connectivity index (χ0v) is 14.2. The number of hydrogen-bond acceptors (Lipinski definition) is 4. The molecule has 8 heteroatoms. The maximum absolute atomic E-state index is 13.9. The molecule has 2 aromatic rings. The summed E-state index contributed by atoms with van der Waals surface area (Å²) in [5, 5.41) is 0.557. The molecule has 136 valence electrons. The number of piperidine rings is 1. The van der Waals surface area contributed by atoms with Gasteiger partial charge in [-0.1, -0.05) is 13.8 Å². The fraction of sp³-hybridized carbons (Fsp3) is 0.529. The van der Waals surface area contributed by atoms with Gasteiger partial charge in [0.25, 0.3) is 0 Å². The normalized spacial score (nSPS) is 20.8. The number of alkyl halides is 3. The zero-order valence-electron chi connectivity index (χ0n) is 14.2. The molecule has 25 heavy (non-hydrogen) atoms. The van der Waals surface area contributed by atoms with Crippen LogP contribution in [0.25, 0.3) is 10.9 Å². The monoisotopic (exact) mass is 357 g/mol. The number of ether oxygens (including phenoxy) is 1. The lowest BCUT2D eigenvalue weighted by Crippen LogP contribution is -2.51. The van der Waals surface area contributed by atoms with Crippen molar-refractivity contribution in [3.05, 3.63) is 24.3 Å². The third kappa shape index (κ3) is 3.21. The Morgan fingerprint density at radius 2 is 1.96 bits per heavy atom. The first kappa shape index (κ1) is 17.7. The highest BCUT2D eigenvalue weighted by molar-refractivity contribution is 5.90. The van der Waals surface area contributed by atoms with Crippen molar-refractivity contribution in [2.24, 2.45) is 11.3 Å². The minimum atomic E-state index is -4.23. The molecule has 0 radical (unpaired) electrons. The Morgan fingerprint density at radius 3 is 2.56 bits per heavy atom. The molecular formula is C17H19F4N3O. The van der Waals surface area contributed by atoms with Crippen molar-refractivity contribution in [2.45, 2.75) is 26.4 Å². The van der Waals surface area contributed by atoms with Crippen LogP contribution in [-0.2, 0) is 0 Å². The summed E-state index contributed by atoms with van der Waals surface area (Å²) in [5.41, 5.74) is -0.572. The van der Waals surface area contributed by atoms with Gasteiger partial charge in [-0.05, 0) is 17.9 Å². The van der Waals surface area contributed by atoms with Gasteiger partial charge >= 0.3 is 6.18 Å². The molecular weight excluding hydrogens is 338 g/mol. The number of methoxy groups -OCH3 is 1. The summed E-state index contributed by atoms with van der Waals surface area (Å²) in [6, 6.07) is 2.73. The molecule has 2 heterocycles. The van der Waals surface area contributed by atoms with Gasteiger partial charge in [0.05, 0.1) is 18.5 Å². The van der Waals surface area contributed by atoms with Crippen LogP contribution in [0.15, 0.2) is 18.5 Å². The molecule has 0 aliphatic carbocycles. The van der Waals surface area contributed by atoms with E-state index in [0.29, 0.717) is 16.7 Å². The Hall–Kier alpha value is -2.12. The average molecular weight is 357 g/mol. The van der Waals surface area contributed by atoms with Gasteiger partial charge in [0, 0.05) is 24.5 Å². The molecule has 0 N–H and O–H groups in total. The molecule has 1 unspecified atom stereocenters. The van der Waals surface area contributed by atoms with E-state index in [4.69, 9.17) is 4.74 Å². The molecule has 1 atom stereocenters. The van der Waals surface area contributed by atoms with Crippen molar-refractivity contribution < 1.29 is 22.3 Å². The van der Waals surface area contributed by atoms with E-state index in [2.05, 4.69) is 9.97 Å². The predicted molar refractivity (Wildman–Crippen MR) is 86.2 cm³/mol. The zero-order chi connectivity index (χ0) is 18.4. The predicted octanol–water partition coefficient (Wildman–Crippen LogP) is 4.19. The first-order valence-corrected chi connectivity index (χ1v) is 7.93. The molecule has 0 spiro atoms. The molecule has 4 nitrogen and oxygen atoms in total. The smallest absolute Gasteiger partial charge is 0.392 e. The van der Waals surface area contributed by atoms with Gasteiger partial charge in [-0.3, -0.25) is 0 Å². The van der Waals surface area contributed by atoms with Gasteiger partial charge in [-0.2, -0.15) is 13.2 Å². The van der Waals surface area contributed by atoms with Crippen molar-refractivity contribution in [1.82, 2.24) is 9.97 Å². The molecule has 1 saturated heterocycles. The summed E-state index contributed by atoms with van der Waals surface area (Å²) in [6.07, 6.45) is -2.94. The lowest BCUT2D eigenvalue weighted by Gasteiger charge is -2.45. The average Bonchev–Trinajstić information content (AvgIpc) is 2.51. The third-order valence-electron chi connectivity index (χ3n) is 4.81. The number of nitrogens with zero attached hydrogens (tertiary/aromatic N) is 3.